The van der Waals surface area contributed by atoms with Crippen molar-refractivity contribution in [3.8, 4) is 39.7 Å². The fourth-order valence-electron chi connectivity index (χ4n) is 4.15. The van der Waals surface area contributed by atoms with E-state index in [0.29, 0.717) is 22.6 Å². The predicted molar refractivity (Wildman–Crippen MR) is 131 cm³/mol. The summed E-state index contributed by atoms with van der Waals surface area (Å²) in [6.07, 6.45) is -3.02. The molecule has 5 rings (SSSR count). The summed E-state index contributed by atoms with van der Waals surface area (Å²) >= 11 is 0. The highest BCUT2D eigenvalue weighted by Gasteiger charge is 2.34. The van der Waals surface area contributed by atoms with Gasteiger partial charge in [-0.25, -0.2) is 9.97 Å². The van der Waals surface area contributed by atoms with Crippen molar-refractivity contribution in [1.29, 1.82) is 0 Å². The molecule has 0 fully saturated rings. The highest BCUT2D eigenvalue weighted by atomic mass is 19.4. The van der Waals surface area contributed by atoms with E-state index in [1.807, 2.05) is 68.4 Å². The Balaban J connectivity index is 1.78. The third-order valence-corrected chi connectivity index (χ3v) is 5.82. The van der Waals surface area contributed by atoms with Crippen LogP contribution in [0.4, 0.5) is 13.2 Å². The van der Waals surface area contributed by atoms with Gasteiger partial charge in [0, 0.05) is 29.9 Å². The first-order chi connectivity index (χ1) is 17.1. The lowest BCUT2D eigenvalue weighted by molar-refractivity contribution is -0.141. The van der Waals surface area contributed by atoms with E-state index >= 15 is 0 Å². The Hall–Kier alpha value is -4.27. The third kappa shape index (κ3) is 4.51. The van der Waals surface area contributed by atoms with Gasteiger partial charge in [-0.1, -0.05) is 47.5 Å². The molecule has 0 aliphatic heterocycles. The zero-order valence-electron chi connectivity index (χ0n) is 20.2. The Morgan fingerprint density at radius 3 is 2.03 bits per heavy atom. The number of halogens is 3. The number of aromatic nitrogens is 6. The molecule has 0 saturated heterocycles. The minimum atomic E-state index is -4.67. The van der Waals surface area contributed by atoms with E-state index < -0.39 is 11.9 Å². The van der Waals surface area contributed by atoms with Crippen LogP contribution in [-0.4, -0.2) is 29.5 Å². The van der Waals surface area contributed by atoms with E-state index in [0.717, 1.165) is 28.3 Å². The topological polar surface area (TPSA) is 61.4 Å². The van der Waals surface area contributed by atoms with Crippen LogP contribution in [0.15, 0.2) is 66.9 Å². The lowest BCUT2D eigenvalue weighted by atomic mass is 10.1. The van der Waals surface area contributed by atoms with Crippen LogP contribution in [-0.2, 0) is 13.2 Å². The number of hydrogen-bond acceptors (Lipinski definition) is 4. The maximum absolute atomic E-state index is 13.9. The normalized spacial score (nSPS) is 11.8. The maximum atomic E-state index is 13.9. The van der Waals surface area contributed by atoms with Crippen LogP contribution >= 0.6 is 0 Å². The summed E-state index contributed by atoms with van der Waals surface area (Å²) in [4.78, 5) is 8.44. The molecular formula is C27H23F3N6. The van der Waals surface area contributed by atoms with E-state index in [9.17, 15) is 13.2 Å². The number of benzene rings is 2. The SMILES string of the molecule is Cc1cccc(-c2cc(-c3cccc(C)c3)n(-c3nc(-c4cn(C)nc4C)cc(C(F)(F)F)n3)n2)c1. The van der Waals surface area contributed by atoms with Gasteiger partial charge in [-0.05, 0) is 45.0 Å². The molecule has 0 aliphatic carbocycles. The lowest BCUT2D eigenvalue weighted by Gasteiger charge is -2.12. The zero-order chi connectivity index (χ0) is 25.6. The molecule has 0 unspecified atom stereocenters. The zero-order valence-corrected chi connectivity index (χ0v) is 20.2. The fourth-order valence-corrected chi connectivity index (χ4v) is 4.15. The Bertz CT molecular complexity index is 1580. The molecule has 0 N–H and O–H groups in total. The molecule has 9 heteroatoms. The van der Waals surface area contributed by atoms with Crippen molar-refractivity contribution in [2.75, 3.05) is 0 Å². The Morgan fingerprint density at radius 2 is 1.42 bits per heavy atom. The number of rotatable bonds is 4. The highest BCUT2D eigenvalue weighted by Crippen LogP contribution is 2.34. The molecule has 3 heterocycles. The molecule has 0 spiro atoms. The van der Waals surface area contributed by atoms with E-state index in [2.05, 4.69) is 20.2 Å². The molecule has 0 bridgehead atoms. The average Bonchev–Trinajstić information content (AvgIpc) is 3.41. The Morgan fingerprint density at radius 1 is 0.750 bits per heavy atom. The van der Waals surface area contributed by atoms with Crippen molar-refractivity contribution in [2.45, 2.75) is 26.9 Å². The largest absolute Gasteiger partial charge is 0.433 e. The maximum Gasteiger partial charge on any atom is 0.433 e. The van der Waals surface area contributed by atoms with Crippen LogP contribution in [0.2, 0.25) is 0 Å². The molecule has 5 aromatic rings. The van der Waals surface area contributed by atoms with Gasteiger partial charge >= 0.3 is 6.18 Å². The van der Waals surface area contributed by atoms with Gasteiger partial charge in [-0.3, -0.25) is 4.68 Å². The second-order valence-electron chi connectivity index (χ2n) is 8.80. The first-order valence-electron chi connectivity index (χ1n) is 11.3. The van der Waals surface area contributed by atoms with Gasteiger partial charge in [0.2, 0.25) is 0 Å². The minimum absolute atomic E-state index is 0.126. The van der Waals surface area contributed by atoms with E-state index in [1.54, 1.807) is 24.9 Å². The van der Waals surface area contributed by atoms with Crippen LogP contribution < -0.4 is 0 Å². The smallest absolute Gasteiger partial charge is 0.275 e. The first kappa shape index (κ1) is 23.5. The van der Waals surface area contributed by atoms with Crippen LogP contribution in [0.3, 0.4) is 0 Å². The molecular weight excluding hydrogens is 465 g/mol. The van der Waals surface area contributed by atoms with Crippen LogP contribution in [0.1, 0.15) is 22.5 Å². The number of alkyl halides is 3. The predicted octanol–water partition coefficient (Wildman–Crippen LogP) is 6.34. The summed E-state index contributed by atoms with van der Waals surface area (Å²) in [5.74, 6) is -0.168. The van der Waals surface area contributed by atoms with Crippen molar-refractivity contribution in [3.63, 3.8) is 0 Å². The van der Waals surface area contributed by atoms with Crippen molar-refractivity contribution in [3.05, 3.63) is 89.4 Å². The third-order valence-electron chi connectivity index (χ3n) is 5.82. The summed E-state index contributed by atoms with van der Waals surface area (Å²) in [5, 5.41) is 8.95. The van der Waals surface area contributed by atoms with E-state index in [1.165, 1.54) is 4.68 Å². The van der Waals surface area contributed by atoms with Gasteiger partial charge in [-0.2, -0.15) is 28.1 Å². The summed E-state index contributed by atoms with van der Waals surface area (Å²) < 4.78 is 44.7. The second kappa shape index (κ2) is 8.75. The monoisotopic (exact) mass is 488 g/mol. The molecule has 0 amide bonds. The molecule has 0 saturated carbocycles. The quantitative estimate of drug-likeness (QED) is 0.296. The van der Waals surface area contributed by atoms with Crippen LogP contribution in [0, 0.1) is 20.8 Å². The van der Waals surface area contributed by atoms with Gasteiger partial charge in [0.1, 0.15) is 0 Å². The van der Waals surface area contributed by atoms with Crippen LogP contribution in [0.25, 0.3) is 39.7 Å². The van der Waals surface area contributed by atoms with Gasteiger partial charge in [0.05, 0.1) is 22.8 Å². The van der Waals surface area contributed by atoms with Crippen molar-refractivity contribution < 1.29 is 13.2 Å². The summed E-state index contributed by atoms with van der Waals surface area (Å²) in [7, 11) is 1.71. The van der Waals surface area contributed by atoms with Gasteiger partial charge in [0.15, 0.2) is 5.69 Å². The minimum Gasteiger partial charge on any atom is -0.275 e. The number of nitrogens with zero attached hydrogens (tertiary/aromatic N) is 6. The molecule has 3 aromatic heterocycles. The Kier molecular flexibility index (Phi) is 5.70. The number of hydrogen-bond donors (Lipinski definition) is 0. The molecule has 0 atom stereocenters. The van der Waals surface area contributed by atoms with Crippen molar-refractivity contribution >= 4 is 0 Å². The molecule has 2 aromatic carbocycles. The summed E-state index contributed by atoms with van der Waals surface area (Å²) in [6.45, 7) is 5.66. The summed E-state index contributed by atoms with van der Waals surface area (Å²) in [6, 6.07) is 18.3. The first-order valence-corrected chi connectivity index (χ1v) is 11.3. The van der Waals surface area contributed by atoms with Gasteiger partial charge < -0.3 is 0 Å². The molecule has 0 aliphatic rings. The standard InChI is InChI=1S/C27H23F3N6/c1-16-7-5-9-19(11-16)22-13-24(20-10-6-8-17(2)12-20)36(34-22)26-31-23(14-25(32-26)27(28,29)30)21-15-35(4)33-18(21)3/h5-15H,1-4H3. The summed E-state index contributed by atoms with van der Waals surface area (Å²) in [5.41, 5.74) is 5.02. The molecule has 36 heavy (non-hydrogen) atoms. The van der Waals surface area contributed by atoms with E-state index in [-0.39, 0.29) is 11.6 Å². The average molecular weight is 489 g/mol. The lowest BCUT2D eigenvalue weighted by Crippen LogP contribution is -2.14. The van der Waals surface area contributed by atoms with Crippen LogP contribution in [0.5, 0.6) is 0 Å². The highest BCUT2D eigenvalue weighted by molar-refractivity contribution is 5.71. The molecule has 6 nitrogen and oxygen atoms in total. The second-order valence-corrected chi connectivity index (χ2v) is 8.80. The van der Waals surface area contributed by atoms with Crippen molar-refractivity contribution in [2.24, 2.45) is 7.05 Å². The molecule has 0 radical (unpaired) electrons. The Labute approximate surface area is 206 Å². The van der Waals surface area contributed by atoms with Gasteiger partial charge in [0.25, 0.3) is 5.95 Å². The fraction of sp³-hybridized carbons (Fsp3) is 0.185. The van der Waals surface area contributed by atoms with E-state index in [4.69, 9.17) is 0 Å². The van der Waals surface area contributed by atoms with Gasteiger partial charge in [-0.15, -0.1) is 0 Å². The number of aryl methyl sites for hydroxylation is 4. The van der Waals surface area contributed by atoms with Crippen molar-refractivity contribution in [1.82, 2.24) is 29.5 Å². The molecule has 182 valence electrons.